The van der Waals surface area contributed by atoms with Crippen molar-refractivity contribution in [3.05, 3.63) is 29.2 Å². The standard InChI is InChI=1S/C11H14F3N5/c1-7-9(3-4-15)10(18(2)17-7)19-6-8(5-16-19)11(12,13)14/h5-6H,3-4,15H2,1-2H3. The highest BCUT2D eigenvalue weighted by atomic mass is 19.4. The average Bonchev–Trinajstić information content (AvgIpc) is 2.85. The number of hydrogen-bond acceptors (Lipinski definition) is 3. The van der Waals surface area contributed by atoms with E-state index in [0.717, 1.165) is 23.7 Å². The Labute approximate surface area is 107 Å². The molecule has 0 atom stereocenters. The molecule has 0 aliphatic heterocycles. The molecular weight excluding hydrogens is 259 g/mol. The van der Waals surface area contributed by atoms with Crippen LogP contribution in [-0.2, 0) is 19.6 Å². The second-order valence-electron chi connectivity index (χ2n) is 4.22. The number of hydrogen-bond donors (Lipinski definition) is 1. The van der Waals surface area contributed by atoms with Crippen molar-refractivity contribution in [1.82, 2.24) is 19.6 Å². The maximum absolute atomic E-state index is 12.6. The summed E-state index contributed by atoms with van der Waals surface area (Å²) in [5, 5.41) is 7.96. The smallest absolute Gasteiger partial charge is 0.330 e. The Bertz CT molecular complexity index is 582. The summed E-state index contributed by atoms with van der Waals surface area (Å²) in [6.45, 7) is 2.19. The van der Waals surface area contributed by atoms with Crippen LogP contribution in [0.2, 0.25) is 0 Å². The van der Waals surface area contributed by atoms with E-state index in [1.807, 2.05) is 0 Å². The van der Waals surface area contributed by atoms with E-state index in [9.17, 15) is 13.2 Å². The lowest BCUT2D eigenvalue weighted by atomic mass is 10.2. The van der Waals surface area contributed by atoms with Crippen LogP contribution in [0, 0.1) is 6.92 Å². The van der Waals surface area contributed by atoms with Crippen LogP contribution in [0.4, 0.5) is 13.2 Å². The summed E-state index contributed by atoms with van der Waals surface area (Å²) in [4.78, 5) is 0. The summed E-state index contributed by atoms with van der Waals surface area (Å²) in [6.07, 6.45) is -2.11. The van der Waals surface area contributed by atoms with Crippen molar-refractivity contribution < 1.29 is 13.2 Å². The molecule has 2 heterocycles. The van der Waals surface area contributed by atoms with Crippen molar-refractivity contribution in [3.63, 3.8) is 0 Å². The van der Waals surface area contributed by atoms with E-state index < -0.39 is 11.7 Å². The molecule has 0 saturated carbocycles. The molecule has 104 valence electrons. The summed E-state index contributed by atoms with van der Waals surface area (Å²) >= 11 is 0. The van der Waals surface area contributed by atoms with Gasteiger partial charge in [0.1, 0.15) is 0 Å². The van der Waals surface area contributed by atoms with Crippen molar-refractivity contribution in [1.29, 1.82) is 0 Å². The fourth-order valence-corrected chi connectivity index (χ4v) is 2.00. The van der Waals surface area contributed by atoms with Gasteiger partial charge in [-0.05, 0) is 19.9 Å². The maximum atomic E-state index is 12.6. The van der Waals surface area contributed by atoms with Crippen molar-refractivity contribution in [2.75, 3.05) is 6.54 Å². The van der Waals surface area contributed by atoms with E-state index in [0.29, 0.717) is 18.8 Å². The number of halogens is 3. The van der Waals surface area contributed by atoms with E-state index in [-0.39, 0.29) is 0 Å². The highest BCUT2D eigenvalue weighted by Gasteiger charge is 2.32. The Morgan fingerprint density at radius 1 is 1.37 bits per heavy atom. The van der Waals surface area contributed by atoms with Crippen LogP contribution in [0.25, 0.3) is 5.82 Å². The Morgan fingerprint density at radius 2 is 2.05 bits per heavy atom. The number of aromatic nitrogens is 4. The van der Waals surface area contributed by atoms with Gasteiger partial charge in [-0.25, -0.2) is 4.68 Å². The van der Waals surface area contributed by atoms with Gasteiger partial charge in [0.2, 0.25) is 0 Å². The Kier molecular flexibility index (Phi) is 3.36. The molecule has 0 bridgehead atoms. The zero-order valence-electron chi connectivity index (χ0n) is 10.6. The molecule has 0 saturated heterocycles. The number of nitrogens with zero attached hydrogens (tertiary/aromatic N) is 4. The third kappa shape index (κ3) is 2.48. The number of rotatable bonds is 3. The highest BCUT2D eigenvalue weighted by molar-refractivity contribution is 5.38. The van der Waals surface area contributed by atoms with Gasteiger partial charge in [-0.3, -0.25) is 4.68 Å². The average molecular weight is 273 g/mol. The Hall–Kier alpha value is -1.83. The molecule has 0 aromatic carbocycles. The molecule has 0 spiro atoms. The normalized spacial score (nSPS) is 12.1. The molecule has 2 aromatic heterocycles. The molecule has 5 nitrogen and oxygen atoms in total. The fourth-order valence-electron chi connectivity index (χ4n) is 2.00. The quantitative estimate of drug-likeness (QED) is 0.920. The van der Waals surface area contributed by atoms with Crippen molar-refractivity contribution >= 4 is 0 Å². The van der Waals surface area contributed by atoms with E-state index in [1.54, 1.807) is 14.0 Å². The third-order valence-electron chi connectivity index (χ3n) is 2.83. The summed E-state index contributed by atoms with van der Waals surface area (Å²) in [6, 6.07) is 0. The van der Waals surface area contributed by atoms with Crippen LogP contribution >= 0.6 is 0 Å². The third-order valence-corrected chi connectivity index (χ3v) is 2.83. The zero-order chi connectivity index (χ0) is 14.2. The molecular formula is C11H14F3N5. The highest BCUT2D eigenvalue weighted by Crippen LogP contribution is 2.29. The van der Waals surface area contributed by atoms with Crippen LogP contribution < -0.4 is 5.73 Å². The van der Waals surface area contributed by atoms with Crippen molar-refractivity contribution in [2.24, 2.45) is 12.8 Å². The van der Waals surface area contributed by atoms with Gasteiger partial charge in [-0.2, -0.15) is 23.4 Å². The molecule has 2 N–H and O–H groups in total. The first-order valence-electron chi connectivity index (χ1n) is 5.69. The van der Waals surface area contributed by atoms with Gasteiger partial charge >= 0.3 is 6.18 Å². The van der Waals surface area contributed by atoms with Gasteiger partial charge in [0, 0.05) is 18.8 Å². The van der Waals surface area contributed by atoms with E-state index in [4.69, 9.17) is 5.73 Å². The molecule has 2 rings (SSSR count). The van der Waals surface area contributed by atoms with E-state index in [2.05, 4.69) is 10.2 Å². The summed E-state index contributed by atoms with van der Waals surface area (Å²) in [7, 11) is 1.66. The van der Waals surface area contributed by atoms with Gasteiger partial charge in [0.15, 0.2) is 5.82 Å². The Morgan fingerprint density at radius 3 is 2.58 bits per heavy atom. The molecule has 0 amide bonds. The van der Waals surface area contributed by atoms with Gasteiger partial charge in [0.25, 0.3) is 0 Å². The fraction of sp³-hybridized carbons (Fsp3) is 0.455. The minimum atomic E-state index is -4.40. The zero-order valence-corrected chi connectivity index (χ0v) is 10.6. The van der Waals surface area contributed by atoms with Crippen molar-refractivity contribution in [2.45, 2.75) is 19.5 Å². The second kappa shape index (κ2) is 4.69. The molecule has 0 unspecified atom stereocenters. The number of aryl methyl sites for hydroxylation is 2. The van der Waals surface area contributed by atoms with Gasteiger partial charge in [-0.1, -0.05) is 0 Å². The lowest BCUT2D eigenvalue weighted by Crippen LogP contribution is -2.10. The molecule has 2 aromatic rings. The predicted octanol–water partition coefficient (Wildman–Crippen LogP) is 1.43. The Balaban J connectivity index is 2.50. The molecule has 0 aliphatic carbocycles. The lowest BCUT2D eigenvalue weighted by Gasteiger charge is -2.06. The van der Waals surface area contributed by atoms with Gasteiger partial charge < -0.3 is 5.73 Å². The molecule has 0 radical (unpaired) electrons. The molecule has 0 fully saturated rings. The first-order chi connectivity index (χ1) is 8.84. The summed E-state index contributed by atoms with van der Waals surface area (Å²) < 4.78 is 40.4. The van der Waals surface area contributed by atoms with E-state index in [1.165, 1.54) is 9.36 Å². The number of alkyl halides is 3. The first-order valence-corrected chi connectivity index (χ1v) is 5.69. The van der Waals surface area contributed by atoms with Crippen LogP contribution in [0.1, 0.15) is 16.8 Å². The van der Waals surface area contributed by atoms with Crippen LogP contribution in [0.5, 0.6) is 0 Å². The van der Waals surface area contributed by atoms with Gasteiger partial charge in [0.05, 0.1) is 17.5 Å². The largest absolute Gasteiger partial charge is 0.419 e. The summed E-state index contributed by atoms with van der Waals surface area (Å²) in [5.74, 6) is 0.512. The van der Waals surface area contributed by atoms with Gasteiger partial charge in [-0.15, -0.1) is 0 Å². The molecule has 8 heteroatoms. The van der Waals surface area contributed by atoms with Crippen LogP contribution in [0.3, 0.4) is 0 Å². The van der Waals surface area contributed by atoms with Crippen LogP contribution in [-0.4, -0.2) is 26.1 Å². The number of nitrogens with two attached hydrogens (primary N) is 1. The van der Waals surface area contributed by atoms with Crippen LogP contribution in [0.15, 0.2) is 12.4 Å². The molecule has 19 heavy (non-hydrogen) atoms. The minimum absolute atomic E-state index is 0.396. The first kappa shape index (κ1) is 13.6. The SMILES string of the molecule is Cc1nn(C)c(-n2cc(C(F)(F)F)cn2)c1CCN. The molecule has 0 aliphatic rings. The second-order valence-corrected chi connectivity index (χ2v) is 4.22. The maximum Gasteiger partial charge on any atom is 0.419 e. The summed E-state index contributed by atoms with van der Waals surface area (Å²) in [5.41, 5.74) is 6.28. The van der Waals surface area contributed by atoms with E-state index >= 15 is 0 Å². The van der Waals surface area contributed by atoms with Crippen molar-refractivity contribution in [3.8, 4) is 5.82 Å². The topological polar surface area (TPSA) is 61.7 Å². The monoisotopic (exact) mass is 273 g/mol. The lowest BCUT2D eigenvalue weighted by molar-refractivity contribution is -0.137. The predicted molar refractivity (Wildman–Crippen MR) is 62.8 cm³/mol. The minimum Gasteiger partial charge on any atom is -0.330 e.